The maximum Gasteiger partial charge on any atom is 0.338 e. The smallest absolute Gasteiger partial charge is 0.338 e. The van der Waals surface area contributed by atoms with E-state index in [1.54, 1.807) is 6.92 Å². The molecule has 1 amide bonds. The molecule has 2 rings (SSSR count). The van der Waals surface area contributed by atoms with Crippen LogP contribution >= 0.6 is 0 Å². The van der Waals surface area contributed by atoms with E-state index in [9.17, 15) is 14.7 Å². The first-order valence-corrected chi connectivity index (χ1v) is 6.92. The molecule has 0 spiro atoms. The standard InChI is InChI=1S/C15H19N3O4.H3N/c1-8(2)15(3)14(21)17-12(18-15)11-10(13(19)20)5-9(6-16-11)7-22-4;/h5-6,8H,7H2,1-4H3,(H,19,20)(H,17,18,21);1H3. The molecule has 0 bridgehead atoms. The molecule has 23 heavy (non-hydrogen) atoms. The molecule has 1 aliphatic heterocycles. The monoisotopic (exact) mass is 322 g/mol. The zero-order chi connectivity index (χ0) is 16.5. The van der Waals surface area contributed by atoms with Gasteiger partial charge in [-0.3, -0.25) is 9.78 Å². The molecule has 1 atom stereocenters. The van der Waals surface area contributed by atoms with E-state index in [0.717, 1.165) is 0 Å². The van der Waals surface area contributed by atoms with Gasteiger partial charge in [-0.2, -0.15) is 0 Å². The fourth-order valence-corrected chi connectivity index (χ4v) is 2.15. The van der Waals surface area contributed by atoms with Crippen molar-refractivity contribution >= 4 is 17.7 Å². The van der Waals surface area contributed by atoms with Crippen LogP contribution in [0.2, 0.25) is 0 Å². The summed E-state index contributed by atoms with van der Waals surface area (Å²) in [6.07, 6.45) is 1.52. The molecule has 0 saturated carbocycles. The molecule has 0 aromatic carbocycles. The summed E-state index contributed by atoms with van der Waals surface area (Å²) in [5.74, 6) is -1.21. The number of carbonyl (C=O) groups is 2. The van der Waals surface area contributed by atoms with Gasteiger partial charge in [-0.15, -0.1) is 0 Å². The number of ether oxygens (including phenoxy) is 1. The Morgan fingerprint density at radius 2 is 2.13 bits per heavy atom. The highest BCUT2D eigenvalue weighted by Crippen LogP contribution is 2.27. The number of carboxylic acid groups (broad SMARTS) is 1. The highest BCUT2D eigenvalue weighted by atomic mass is 16.5. The van der Waals surface area contributed by atoms with Crippen molar-refractivity contribution in [1.82, 2.24) is 16.5 Å². The predicted molar refractivity (Wildman–Crippen MR) is 84.9 cm³/mol. The molecule has 1 aromatic rings. The summed E-state index contributed by atoms with van der Waals surface area (Å²) in [6.45, 7) is 5.76. The predicted octanol–water partition coefficient (Wildman–Crippen LogP) is 1.38. The largest absolute Gasteiger partial charge is 0.478 e. The van der Waals surface area contributed by atoms with Gasteiger partial charge in [-0.05, 0) is 24.5 Å². The molecule has 126 valence electrons. The van der Waals surface area contributed by atoms with E-state index in [-0.39, 0.29) is 41.7 Å². The molecule has 2 heterocycles. The summed E-state index contributed by atoms with van der Waals surface area (Å²) in [6, 6.07) is 1.48. The Kier molecular flexibility index (Phi) is 5.57. The van der Waals surface area contributed by atoms with Crippen molar-refractivity contribution in [2.45, 2.75) is 32.9 Å². The Morgan fingerprint density at radius 1 is 1.48 bits per heavy atom. The number of aliphatic imine (C=N–C) groups is 1. The Morgan fingerprint density at radius 3 is 2.61 bits per heavy atom. The molecule has 8 heteroatoms. The average molecular weight is 322 g/mol. The topological polar surface area (TPSA) is 136 Å². The number of hydrogen-bond acceptors (Lipinski definition) is 6. The molecule has 0 saturated heterocycles. The molecule has 1 aliphatic rings. The number of aromatic carboxylic acids is 1. The van der Waals surface area contributed by atoms with Crippen LogP contribution in [0.5, 0.6) is 0 Å². The quantitative estimate of drug-likeness (QED) is 0.749. The normalized spacial score (nSPS) is 20.0. The number of amidine groups is 1. The van der Waals surface area contributed by atoms with Gasteiger partial charge in [0.1, 0.15) is 11.2 Å². The van der Waals surface area contributed by atoms with E-state index in [2.05, 4.69) is 15.3 Å². The number of amides is 1. The van der Waals surface area contributed by atoms with Crippen LogP contribution < -0.4 is 11.5 Å². The number of pyridine rings is 1. The SMILES string of the molecule is COCc1cnc(C2=NC(C)(C(C)C)C(=O)N2)c(C(=O)O)c1.N. The van der Waals surface area contributed by atoms with Gasteiger partial charge < -0.3 is 21.3 Å². The summed E-state index contributed by atoms with van der Waals surface area (Å²) in [4.78, 5) is 32.2. The molecule has 8 nitrogen and oxygen atoms in total. The zero-order valence-electron chi connectivity index (χ0n) is 13.7. The minimum absolute atomic E-state index is 0. The van der Waals surface area contributed by atoms with Crippen LogP contribution in [0.15, 0.2) is 17.3 Å². The molecule has 0 radical (unpaired) electrons. The lowest BCUT2D eigenvalue weighted by atomic mass is 9.89. The van der Waals surface area contributed by atoms with Crippen molar-refractivity contribution in [2.75, 3.05) is 7.11 Å². The minimum Gasteiger partial charge on any atom is -0.478 e. The van der Waals surface area contributed by atoms with Crippen LogP contribution in [0.25, 0.3) is 0 Å². The lowest BCUT2D eigenvalue weighted by Crippen LogP contribution is -2.41. The van der Waals surface area contributed by atoms with Gasteiger partial charge in [-0.1, -0.05) is 13.8 Å². The molecular formula is C15H22N4O4. The lowest BCUT2D eigenvalue weighted by molar-refractivity contribution is -0.124. The number of nitrogens with zero attached hydrogens (tertiary/aromatic N) is 2. The van der Waals surface area contributed by atoms with Crippen molar-refractivity contribution < 1.29 is 19.4 Å². The first-order chi connectivity index (χ1) is 10.3. The summed E-state index contributed by atoms with van der Waals surface area (Å²) in [7, 11) is 1.52. The zero-order valence-corrected chi connectivity index (χ0v) is 13.7. The number of nitrogens with one attached hydrogen (secondary N) is 1. The van der Waals surface area contributed by atoms with E-state index < -0.39 is 11.5 Å². The Labute approximate surface area is 134 Å². The average Bonchev–Trinajstić information content (AvgIpc) is 2.76. The number of hydrogen-bond donors (Lipinski definition) is 3. The molecule has 1 aromatic heterocycles. The van der Waals surface area contributed by atoms with E-state index in [4.69, 9.17) is 4.74 Å². The van der Waals surface area contributed by atoms with Crippen LogP contribution in [0, 0.1) is 5.92 Å². The third kappa shape index (κ3) is 3.38. The van der Waals surface area contributed by atoms with Gasteiger partial charge in [0.2, 0.25) is 0 Å². The number of rotatable bonds is 5. The first-order valence-electron chi connectivity index (χ1n) is 6.92. The van der Waals surface area contributed by atoms with Gasteiger partial charge in [-0.25, -0.2) is 9.79 Å². The van der Waals surface area contributed by atoms with E-state index in [1.165, 1.54) is 19.4 Å². The maximum absolute atomic E-state index is 12.2. The maximum atomic E-state index is 12.2. The second-order valence-corrected chi connectivity index (χ2v) is 5.69. The molecule has 5 N–H and O–H groups in total. The summed E-state index contributed by atoms with van der Waals surface area (Å²) >= 11 is 0. The van der Waals surface area contributed by atoms with Crippen LogP contribution in [0.3, 0.4) is 0 Å². The molecule has 1 unspecified atom stereocenters. The fourth-order valence-electron chi connectivity index (χ4n) is 2.15. The highest BCUT2D eigenvalue weighted by molar-refractivity contribution is 6.17. The first kappa shape index (κ1) is 18.7. The van der Waals surface area contributed by atoms with Crippen molar-refractivity contribution in [1.29, 1.82) is 0 Å². The number of carboxylic acids is 1. The van der Waals surface area contributed by atoms with Crippen molar-refractivity contribution in [3.63, 3.8) is 0 Å². The Bertz CT molecular complexity index is 657. The minimum atomic E-state index is -1.13. The van der Waals surface area contributed by atoms with Gasteiger partial charge in [0, 0.05) is 13.3 Å². The van der Waals surface area contributed by atoms with Crippen molar-refractivity contribution in [3.05, 3.63) is 29.1 Å². The number of carbonyl (C=O) groups excluding carboxylic acids is 1. The van der Waals surface area contributed by atoms with Crippen LogP contribution in [-0.4, -0.2) is 40.5 Å². The second-order valence-electron chi connectivity index (χ2n) is 5.69. The number of methoxy groups -OCH3 is 1. The summed E-state index contributed by atoms with van der Waals surface area (Å²) in [5, 5.41) is 12.0. The van der Waals surface area contributed by atoms with Gasteiger partial charge in [0.25, 0.3) is 5.91 Å². The van der Waals surface area contributed by atoms with Crippen LogP contribution in [0.1, 0.15) is 42.4 Å². The fraction of sp³-hybridized carbons (Fsp3) is 0.467. The second kappa shape index (κ2) is 6.84. The number of aromatic nitrogens is 1. The van der Waals surface area contributed by atoms with E-state index in [0.29, 0.717) is 5.56 Å². The molecular weight excluding hydrogens is 300 g/mol. The summed E-state index contributed by atoms with van der Waals surface area (Å²) < 4.78 is 4.98. The summed E-state index contributed by atoms with van der Waals surface area (Å²) in [5.41, 5.74) is -0.135. The highest BCUT2D eigenvalue weighted by Gasteiger charge is 2.43. The third-order valence-electron chi connectivity index (χ3n) is 3.87. The van der Waals surface area contributed by atoms with E-state index >= 15 is 0 Å². The van der Waals surface area contributed by atoms with Gasteiger partial charge in [0.05, 0.1) is 12.2 Å². The van der Waals surface area contributed by atoms with E-state index in [1.807, 2.05) is 13.8 Å². The van der Waals surface area contributed by atoms with Crippen LogP contribution in [-0.2, 0) is 16.1 Å². The lowest BCUT2D eigenvalue weighted by Gasteiger charge is -2.21. The van der Waals surface area contributed by atoms with Crippen molar-refractivity contribution in [3.8, 4) is 0 Å². The van der Waals surface area contributed by atoms with Crippen molar-refractivity contribution in [2.24, 2.45) is 10.9 Å². The third-order valence-corrected chi connectivity index (χ3v) is 3.87. The Balaban J connectivity index is 0.00000264. The Hall–Kier alpha value is -2.32. The van der Waals surface area contributed by atoms with Gasteiger partial charge >= 0.3 is 5.97 Å². The van der Waals surface area contributed by atoms with Gasteiger partial charge in [0.15, 0.2) is 5.84 Å². The van der Waals surface area contributed by atoms with Crippen LogP contribution in [0.4, 0.5) is 0 Å². The molecule has 0 fully saturated rings. The molecule has 0 aliphatic carbocycles.